The number of nitrogens with zero attached hydrogens (tertiary/aromatic N) is 3. The third-order valence-corrected chi connectivity index (χ3v) is 2.88. The Morgan fingerprint density at radius 3 is 3.00 bits per heavy atom. The maximum Gasteiger partial charge on any atom is 0.316 e. The Morgan fingerprint density at radius 1 is 1.53 bits per heavy atom. The van der Waals surface area contributed by atoms with Crippen LogP contribution in [0.25, 0.3) is 0 Å². The smallest absolute Gasteiger partial charge is 0.316 e. The van der Waals surface area contributed by atoms with Crippen molar-refractivity contribution in [1.82, 2.24) is 14.9 Å². The zero-order valence-electron chi connectivity index (χ0n) is 10.0. The molecule has 1 saturated heterocycles. The van der Waals surface area contributed by atoms with Gasteiger partial charge in [-0.3, -0.25) is 4.79 Å². The van der Waals surface area contributed by atoms with E-state index in [0.29, 0.717) is 5.92 Å². The second-order valence-corrected chi connectivity index (χ2v) is 4.41. The first-order valence-corrected chi connectivity index (χ1v) is 5.93. The molecular formula is C12H17N3O2. The van der Waals surface area contributed by atoms with Crippen LogP contribution in [-0.4, -0.2) is 40.5 Å². The predicted octanol–water partition coefficient (Wildman–Crippen LogP) is 1.11. The molecule has 1 aromatic heterocycles. The van der Waals surface area contributed by atoms with Gasteiger partial charge in [-0.25, -0.2) is 9.97 Å². The van der Waals surface area contributed by atoms with Crippen LogP contribution < -0.4 is 4.74 Å². The molecule has 1 aliphatic heterocycles. The molecule has 0 aromatic carbocycles. The summed E-state index contributed by atoms with van der Waals surface area (Å²) in [6.07, 6.45) is 5.47. The highest BCUT2D eigenvalue weighted by Crippen LogP contribution is 2.15. The Labute approximate surface area is 101 Å². The molecule has 1 atom stereocenters. The SMILES string of the molecule is C[C@H]1CCCN(C(=O)COc2ncccn2)C1. The molecule has 1 fully saturated rings. The van der Waals surface area contributed by atoms with Crippen molar-refractivity contribution >= 4 is 5.91 Å². The van der Waals surface area contributed by atoms with Crippen LogP contribution in [0.2, 0.25) is 0 Å². The van der Waals surface area contributed by atoms with Crippen LogP contribution in [0.3, 0.4) is 0 Å². The van der Waals surface area contributed by atoms with Gasteiger partial charge in [0.15, 0.2) is 6.61 Å². The van der Waals surface area contributed by atoms with Crippen molar-refractivity contribution in [3.8, 4) is 6.01 Å². The van der Waals surface area contributed by atoms with Crippen LogP contribution in [0.15, 0.2) is 18.5 Å². The van der Waals surface area contributed by atoms with Crippen molar-refractivity contribution < 1.29 is 9.53 Å². The maximum atomic E-state index is 11.9. The molecule has 5 nitrogen and oxygen atoms in total. The van der Waals surface area contributed by atoms with Crippen LogP contribution in [0.1, 0.15) is 19.8 Å². The van der Waals surface area contributed by atoms with Gasteiger partial charge in [0, 0.05) is 25.5 Å². The summed E-state index contributed by atoms with van der Waals surface area (Å²) in [5.74, 6) is 0.602. The fraction of sp³-hybridized carbons (Fsp3) is 0.583. The van der Waals surface area contributed by atoms with Crippen LogP contribution in [0.5, 0.6) is 6.01 Å². The molecule has 0 bridgehead atoms. The van der Waals surface area contributed by atoms with Crippen molar-refractivity contribution in [1.29, 1.82) is 0 Å². The summed E-state index contributed by atoms with van der Waals surface area (Å²) >= 11 is 0. The topological polar surface area (TPSA) is 55.3 Å². The quantitative estimate of drug-likeness (QED) is 0.787. The minimum atomic E-state index is 0.0176. The number of hydrogen-bond acceptors (Lipinski definition) is 4. The van der Waals surface area contributed by atoms with Gasteiger partial charge in [0.1, 0.15) is 0 Å². The standard InChI is InChI=1S/C12H17N3O2/c1-10-4-2-7-15(8-10)11(16)9-17-12-13-5-3-6-14-12/h3,5-6,10H,2,4,7-9H2,1H3/t10-/m0/s1. The molecule has 0 saturated carbocycles. The molecule has 2 heterocycles. The number of ether oxygens (including phenoxy) is 1. The van der Waals surface area contributed by atoms with Gasteiger partial charge in [0.25, 0.3) is 5.91 Å². The highest BCUT2D eigenvalue weighted by Gasteiger charge is 2.21. The molecule has 0 unspecified atom stereocenters. The van der Waals surface area contributed by atoms with Crippen LogP contribution in [0.4, 0.5) is 0 Å². The van der Waals surface area contributed by atoms with Gasteiger partial charge < -0.3 is 9.64 Å². The molecule has 0 spiro atoms. The lowest BCUT2D eigenvalue weighted by Gasteiger charge is -2.30. The third-order valence-electron chi connectivity index (χ3n) is 2.88. The van der Waals surface area contributed by atoms with Gasteiger partial charge in [-0.1, -0.05) is 6.92 Å². The first-order chi connectivity index (χ1) is 8.25. The Kier molecular flexibility index (Phi) is 3.90. The normalized spacial score (nSPS) is 20.1. The molecular weight excluding hydrogens is 218 g/mol. The Morgan fingerprint density at radius 2 is 2.29 bits per heavy atom. The van der Waals surface area contributed by atoms with E-state index in [1.807, 2.05) is 4.90 Å². The van der Waals surface area contributed by atoms with E-state index in [2.05, 4.69) is 16.9 Å². The number of rotatable bonds is 3. The van der Waals surface area contributed by atoms with Crippen molar-refractivity contribution in [2.45, 2.75) is 19.8 Å². The molecule has 0 aliphatic carbocycles. The molecule has 0 radical (unpaired) electrons. The Bertz CT molecular complexity index is 369. The molecule has 1 amide bonds. The first-order valence-electron chi connectivity index (χ1n) is 5.93. The highest BCUT2D eigenvalue weighted by molar-refractivity contribution is 5.77. The average molecular weight is 235 g/mol. The molecule has 92 valence electrons. The van der Waals surface area contributed by atoms with Gasteiger partial charge in [0.05, 0.1) is 0 Å². The maximum absolute atomic E-state index is 11.9. The van der Waals surface area contributed by atoms with E-state index in [-0.39, 0.29) is 18.5 Å². The number of amides is 1. The van der Waals surface area contributed by atoms with Gasteiger partial charge in [-0.05, 0) is 24.8 Å². The van der Waals surface area contributed by atoms with E-state index in [0.717, 1.165) is 19.5 Å². The van der Waals surface area contributed by atoms with E-state index in [1.54, 1.807) is 18.5 Å². The van der Waals surface area contributed by atoms with E-state index in [1.165, 1.54) is 6.42 Å². The summed E-state index contributed by atoms with van der Waals surface area (Å²) < 4.78 is 5.24. The number of piperidine rings is 1. The van der Waals surface area contributed by atoms with E-state index < -0.39 is 0 Å². The zero-order valence-corrected chi connectivity index (χ0v) is 10.0. The molecule has 5 heteroatoms. The van der Waals surface area contributed by atoms with Crippen molar-refractivity contribution in [2.75, 3.05) is 19.7 Å². The number of likely N-dealkylation sites (tertiary alicyclic amines) is 1. The number of carbonyl (C=O) groups is 1. The summed E-state index contributed by atoms with van der Waals surface area (Å²) in [7, 11) is 0. The Balaban J connectivity index is 1.81. The van der Waals surface area contributed by atoms with Crippen molar-refractivity contribution in [3.05, 3.63) is 18.5 Å². The lowest BCUT2D eigenvalue weighted by Crippen LogP contribution is -2.41. The second kappa shape index (κ2) is 5.61. The van der Waals surface area contributed by atoms with Gasteiger partial charge in [0.2, 0.25) is 0 Å². The molecule has 17 heavy (non-hydrogen) atoms. The van der Waals surface area contributed by atoms with Crippen LogP contribution in [0, 0.1) is 5.92 Å². The molecule has 1 aliphatic rings. The molecule has 2 rings (SSSR count). The van der Waals surface area contributed by atoms with Crippen LogP contribution in [-0.2, 0) is 4.79 Å². The lowest BCUT2D eigenvalue weighted by atomic mass is 10.0. The first kappa shape index (κ1) is 11.8. The number of aromatic nitrogens is 2. The van der Waals surface area contributed by atoms with E-state index >= 15 is 0 Å². The van der Waals surface area contributed by atoms with E-state index in [4.69, 9.17) is 4.74 Å². The fourth-order valence-electron chi connectivity index (χ4n) is 1.99. The largest absolute Gasteiger partial charge is 0.453 e. The predicted molar refractivity (Wildman–Crippen MR) is 62.5 cm³/mol. The summed E-state index contributed by atoms with van der Waals surface area (Å²) in [6.45, 7) is 3.86. The van der Waals surface area contributed by atoms with Gasteiger partial charge in [-0.15, -0.1) is 0 Å². The summed E-state index contributed by atoms with van der Waals surface area (Å²) in [5.41, 5.74) is 0. The highest BCUT2D eigenvalue weighted by atomic mass is 16.5. The van der Waals surface area contributed by atoms with Crippen molar-refractivity contribution in [3.63, 3.8) is 0 Å². The summed E-state index contributed by atoms with van der Waals surface area (Å²) in [6, 6.07) is 1.96. The minimum Gasteiger partial charge on any atom is -0.453 e. The second-order valence-electron chi connectivity index (χ2n) is 4.41. The fourth-order valence-corrected chi connectivity index (χ4v) is 1.99. The molecule has 1 aromatic rings. The average Bonchev–Trinajstić information content (AvgIpc) is 2.37. The monoisotopic (exact) mass is 235 g/mol. The number of carbonyl (C=O) groups excluding carboxylic acids is 1. The summed E-state index contributed by atoms with van der Waals surface area (Å²) in [5, 5.41) is 0. The zero-order chi connectivity index (χ0) is 12.1. The van der Waals surface area contributed by atoms with Crippen LogP contribution >= 0.6 is 0 Å². The van der Waals surface area contributed by atoms with Crippen molar-refractivity contribution in [2.24, 2.45) is 5.92 Å². The van der Waals surface area contributed by atoms with Gasteiger partial charge in [-0.2, -0.15) is 0 Å². The minimum absolute atomic E-state index is 0.0176. The third kappa shape index (κ3) is 3.41. The Hall–Kier alpha value is -1.65. The van der Waals surface area contributed by atoms with Gasteiger partial charge >= 0.3 is 6.01 Å². The molecule has 0 N–H and O–H groups in total. The summed E-state index contributed by atoms with van der Waals surface area (Å²) in [4.78, 5) is 21.5. The van der Waals surface area contributed by atoms with E-state index in [9.17, 15) is 4.79 Å². The lowest BCUT2D eigenvalue weighted by molar-refractivity contribution is -0.135. The number of hydrogen-bond donors (Lipinski definition) is 0.